The summed E-state index contributed by atoms with van der Waals surface area (Å²) in [5, 5.41) is 3.36. The first-order chi connectivity index (χ1) is 8.46. The summed E-state index contributed by atoms with van der Waals surface area (Å²) in [6, 6.07) is -0.223. The second-order valence-corrected chi connectivity index (χ2v) is 6.12. The Balaban J connectivity index is 2.13. The molecule has 2 aliphatic rings. The summed E-state index contributed by atoms with van der Waals surface area (Å²) >= 11 is 0. The number of nitrogens with zero attached hydrogens (tertiary/aromatic N) is 1. The van der Waals surface area contributed by atoms with Crippen molar-refractivity contribution < 1.29 is 9.59 Å². The van der Waals surface area contributed by atoms with Crippen LogP contribution in [0.25, 0.3) is 0 Å². The standard InChI is InChI=1S/C14H24N2O2/c1-10(2)9-12(11(3)17)16-8-6-14(13(16)18)5-4-7-15-14/h10,12,15H,4-9H2,1-3H3/t12-,14?/m0/s1. The highest BCUT2D eigenvalue weighted by atomic mass is 16.2. The van der Waals surface area contributed by atoms with Crippen molar-refractivity contribution in [2.75, 3.05) is 13.1 Å². The van der Waals surface area contributed by atoms with Crippen molar-refractivity contribution in [1.29, 1.82) is 0 Å². The number of hydrogen-bond donors (Lipinski definition) is 1. The van der Waals surface area contributed by atoms with Crippen LogP contribution in [0.15, 0.2) is 0 Å². The van der Waals surface area contributed by atoms with E-state index in [-0.39, 0.29) is 23.3 Å². The summed E-state index contributed by atoms with van der Waals surface area (Å²) in [6.07, 6.45) is 3.62. The Bertz CT molecular complexity index is 346. The molecule has 4 nitrogen and oxygen atoms in total. The second-order valence-electron chi connectivity index (χ2n) is 6.12. The monoisotopic (exact) mass is 252 g/mol. The van der Waals surface area contributed by atoms with E-state index in [9.17, 15) is 9.59 Å². The fourth-order valence-electron chi connectivity index (χ4n) is 3.25. The normalized spacial score (nSPS) is 29.6. The van der Waals surface area contributed by atoms with Crippen molar-refractivity contribution in [2.24, 2.45) is 5.92 Å². The molecule has 0 radical (unpaired) electrons. The van der Waals surface area contributed by atoms with Gasteiger partial charge in [-0.1, -0.05) is 13.8 Å². The molecule has 4 heteroatoms. The van der Waals surface area contributed by atoms with Crippen LogP contribution in [0, 0.1) is 5.92 Å². The Morgan fingerprint density at radius 2 is 2.17 bits per heavy atom. The molecular formula is C14H24N2O2. The first kappa shape index (κ1) is 13.5. The van der Waals surface area contributed by atoms with Crippen molar-refractivity contribution in [3.8, 4) is 0 Å². The van der Waals surface area contributed by atoms with Crippen LogP contribution in [0.3, 0.4) is 0 Å². The lowest BCUT2D eigenvalue weighted by atomic mass is 9.95. The van der Waals surface area contributed by atoms with Crippen molar-refractivity contribution in [2.45, 2.75) is 58.0 Å². The molecule has 2 heterocycles. The van der Waals surface area contributed by atoms with Gasteiger partial charge in [-0.25, -0.2) is 0 Å². The summed E-state index contributed by atoms with van der Waals surface area (Å²) in [7, 11) is 0. The van der Waals surface area contributed by atoms with Gasteiger partial charge in [0.15, 0.2) is 5.78 Å². The Kier molecular flexibility index (Phi) is 3.76. The maximum absolute atomic E-state index is 12.6. The van der Waals surface area contributed by atoms with E-state index in [1.807, 2.05) is 4.90 Å². The fourth-order valence-corrected chi connectivity index (χ4v) is 3.25. The SMILES string of the molecule is CC(=O)[C@H](CC(C)C)N1CCC2(CCCN2)C1=O. The Labute approximate surface area is 109 Å². The predicted octanol–water partition coefficient (Wildman–Crippen LogP) is 1.34. The first-order valence-electron chi connectivity index (χ1n) is 7.03. The van der Waals surface area contributed by atoms with Crippen LogP contribution in [0.4, 0.5) is 0 Å². The molecule has 2 fully saturated rings. The van der Waals surface area contributed by atoms with Gasteiger partial charge in [0, 0.05) is 6.54 Å². The number of hydrogen-bond acceptors (Lipinski definition) is 3. The molecular weight excluding hydrogens is 228 g/mol. The van der Waals surface area contributed by atoms with Crippen LogP contribution in [-0.4, -0.2) is 41.3 Å². The van der Waals surface area contributed by atoms with E-state index < -0.39 is 0 Å². The first-order valence-corrected chi connectivity index (χ1v) is 7.03. The summed E-state index contributed by atoms with van der Waals surface area (Å²) in [6.45, 7) is 7.45. The quantitative estimate of drug-likeness (QED) is 0.821. The van der Waals surface area contributed by atoms with Gasteiger partial charge in [0.2, 0.25) is 5.91 Å². The van der Waals surface area contributed by atoms with Crippen LogP contribution in [-0.2, 0) is 9.59 Å². The molecule has 0 bridgehead atoms. The molecule has 18 heavy (non-hydrogen) atoms. The zero-order valence-corrected chi connectivity index (χ0v) is 11.7. The predicted molar refractivity (Wildman–Crippen MR) is 70.2 cm³/mol. The number of amides is 1. The van der Waals surface area contributed by atoms with Crippen LogP contribution in [0.5, 0.6) is 0 Å². The zero-order chi connectivity index (χ0) is 13.3. The van der Waals surface area contributed by atoms with E-state index in [4.69, 9.17) is 0 Å². The molecule has 1 amide bonds. The van der Waals surface area contributed by atoms with E-state index in [1.165, 1.54) is 0 Å². The van der Waals surface area contributed by atoms with Crippen LogP contribution < -0.4 is 5.32 Å². The lowest BCUT2D eigenvalue weighted by molar-refractivity contribution is -0.139. The lowest BCUT2D eigenvalue weighted by Crippen LogP contribution is -2.51. The minimum Gasteiger partial charge on any atom is -0.331 e. The topological polar surface area (TPSA) is 49.4 Å². The lowest BCUT2D eigenvalue weighted by Gasteiger charge is -2.29. The van der Waals surface area contributed by atoms with E-state index in [2.05, 4.69) is 19.2 Å². The van der Waals surface area contributed by atoms with Gasteiger partial charge < -0.3 is 10.2 Å². The van der Waals surface area contributed by atoms with E-state index in [0.29, 0.717) is 5.92 Å². The summed E-state index contributed by atoms with van der Waals surface area (Å²) < 4.78 is 0. The molecule has 2 atom stereocenters. The molecule has 102 valence electrons. The Morgan fingerprint density at radius 1 is 1.44 bits per heavy atom. The van der Waals surface area contributed by atoms with Crippen molar-refractivity contribution in [3.63, 3.8) is 0 Å². The highest BCUT2D eigenvalue weighted by molar-refractivity contribution is 5.94. The third kappa shape index (κ3) is 2.30. The summed E-state index contributed by atoms with van der Waals surface area (Å²) in [4.78, 5) is 26.2. The summed E-state index contributed by atoms with van der Waals surface area (Å²) in [5.74, 6) is 0.702. The van der Waals surface area contributed by atoms with Crippen LogP contribution >= 0.6 is 0 Å². The number of likely N-dealkylation sites (tertiary alicyclic amines) is 1. The van der Waals surface area contributed by atoms with Gasteiger partial charge in [0.25, 0.3) is 0 Å². The van der Waals surface area contributed by atoms with Gasteiger partial charge in [-0.3, -0.25) is 9.59 Å². The van der Waals surface area contributed by atoms with Gasteiger partial charge >= 0.3 is 0 Å². The Hall–Kier alpha value is -0.900. The van der Waals surface area contributed by atoms with E-state index in [1.54, 1.807) is 6.92 Å². The van der Waals surface area contributed by atoms with E-state index in [0.717, 1.165) is 38.8 Å². The molecule has 2 saturated heterocycles. The molecule has 1 unspecified atom stereocenters. The number of carbonyl (C=O) groups is 2. The number of Topliss-reactive ketones (excluding diaryl/α,β-unsaturated/α-hetero) is 1. The molecule has 0 saturated carbocycles. The van der Waals surface area contributed by atoms with Gasteiger partial charge in [-0.15, -0.1) is 0 Å². The van der Waals surface area contributed by atoms with Gasteiger partial charge in [-0.05, 0) is 45.1 Å². The smallest absolute Gasteiger partial charge is 0.243 e. The second kappa shape index (κ2) is 5.00. The minimum absolute atomic E-state index is 0.118. The molecule has 0 aromatic carbocycles. The number of ketones is 1. The van der Waals surface area contributed by atoms with Gasteiger partial charge in [-0.2, -0.15) is 0 Å². The molecule has 2 rings (SSSR count). The van der Waals surface area contributed by atoms with Gasteiger partial charge in [0.05, 0.1) is 11.6 Å². The van der Waals surface area contributed by atoms with Crippen molar-refractivity contribution in [3.05, 3.63) is 0 Å². The molecule has 0 aliphatic carbocycles. The average Bonchev–Trinajstić information content (AvgIpc) is 2.87. The van der Waals surface area contributed by atoms with Crippen LogP contribution in [0.2, 0.25) is 0 Å². The molecule has 2 aliphatic heterocycles. The average molecular weight is 252 g/mol. The van der Waals surface area contributed by atoms with E-state index >= 15 is 0 Å². The van der Waals surface area contributed by atoms with Crippen LogP contribution in [0.1, 0.15) is 46.5 Å². The zero-order valence-electron chi connectivity index (χ0n) is 11.7. The maximum Gasteiger partial charge on any atom is 0.243 e. The third-order valence-electron chi connectivity index (χ3n) is 4.23. The van der Waals surface area contributed by atoms with Gasteiger partial charge in [0.1, 0.15) is 0 Å². The molecule has 1 N–H and O–H groups in total. The number of carbonyl (C=O) groups excluding carboxylic acids is 2. The maximum atomic E-state index is 12.6. The Morgan fingerprint density at radius 3 is 2.67 bits per heavy atom. The number of nitrogens with one attached hydrogen (secondary N) is 1. The van der Waals surface area contributed by atoms with Crippen molar-refractivity contribution in [1.82, 2.24) is 10.2 Å². The molecule has 0 aromatic rings. The highest BCUT2D eigenvalue weighted by Gasteiger charge is 2.50. The largest absolute Gasteiger partial charge is 0.331 e. The van der Waals surface area contributed by atoms with Crippen molar-refractivity contribution >= 4 is 11.7 Å². The fraction of sp³-hybridized carbons (Fsp3) is 0.857. The molecule has 1 spiro atoms. The number of rotatable bonds is 4. The minimum atomic E-state index is -0.343. The highest BCUT2D eigenvalue weighted by Crippen LogP contribution is 2.33. The third-order valence-corrected chi connectivity index (χ3v) is 4.23. The molecule has 0 aromatic heterocycles. The summed E-state index contributed by atoms with van der Waals surface area (Å²) in [5.41, 5.74) is -0.343.